The van der Waals surface area contributed by atoms with E-state index in [0.29, 0.717) is 30.8 Å². The van der Waals surface area contributed by atoms with Gasteiger partial charge in [0.15, 0.2) is 5.82 Å². The van der Waals surface area contributed by atoms with Gasteiger partial charge in [-0.15, -0.1) is 0 Å². The molecule has 1 N–H and O–H groups in total. The fourth-order valence-electron chi connectivity index (χ4n) is 2.54. The molecule has 3 rings (SSSR count). The van der Waals surface area contributed by atoms with Gasteiger partial charge in [0.05, 0.1) is 12.1 Å². The first kappa shape index (κ1) is 11.2. The van der Waals surface area contributed by atoms with Crippen molar-refractivity contribution in [2.24, 2.45) is 0 Å². The fraction of sp³-hybridized carbons (Fsp3) is 0.833. The summed E-state index contributed by atoms with van der Waals surface area (Å²) in [4.78, 5) is 6.72. The van der Waals surface area contributed by atoms with Gasteiger partial charge in [0.25, 0.3) is 0 Å². The lowest BCUT2D eigenvalue weighted by Gasteiger charge is -2.25. The van der Waals surface area contributed by atoms with Crippen LogP contribution in [0.3, 0.4) is 0 Å². The molecular formula is C12H19N3O2. The third-order valence-corrected chi connectivity index (χ3v) is 3.67. The number of hydrogen-bond donors (Lipinski definition) is 1. The molecule has 1 aliphatic heterocycles. The van der Waals surface area contributed by atoms with Crippen molar-refractivity contribution in [1.29, 1.82) is 0 Å². The quantitative estimate of drug-likeness (QED) is 0.862. The predicted octanol–water partition coefficient (Wildman–Crippen LogP) is 1.46. The topological polar surface area (TPSA) is 62.4 Å². The van der Waals surface area contributed by atoms with Gasteiger partial charge < -0.3 is 9.63 Å². The fourth-order valence-corrected chi connectivity index (χ4v) is 2.54. The predicted molar refractivity (Wildman–Crippen MR) is 61.5 cm³/mol. The number of rotatable bonds is 3. The zero-order valence-corrected chi connectivity index (χ0v) is 10.3. The number of nitrogens with zero attached hydrogens (tertiary/aromatic N) is 3. The van der Waals surface area contributed by atoms with Crippen LogP contribution in [0.25, 0.3) is 0 Å². The van der Waals surface area contributed by atoms with Crippen LogP contribution >= 0.6 is 0 Å². The Balaban J connectivity index is 1.80. The molecule has 1 saturated heterocycles. The van der Waals surface area contributed by atoms with Gasteiger partial charge in [0.2, 0.25) is 5.89 Å². The first-order chi connectivity index (χ1) is 8.15. The number of aliphatic hydroxyl groups excluding tert-OH is 1. The molecule has 1 aliphatic carbocycles. The van der Waals surface area contributed by atoms with E-state index in [1.165, 1.54) is 12.8 Å². The number of aromatic nitrogens is 2. The molecule has 5 nitrogen and oxygen atoms in total. The van der Waals surface area contributed by atoms with E-state index in [1.807, 2.05) is 0 Å². The van der Waals surface area contributed by atoms with Crippen molar-refractivity contribution in [1.82, 2.24) is 15.0 Å². The maximum atomic E-state index is 9.78. The Morgan fingerprint density at radius 2 is 2.18 bits per heavy atom. The molecule has 5 heteroatoms. The van der Waals surface area contributed by atoms with Crippen LogP contribution in [0, 0.1) is 0 Å². The molecule has 1 aromatic heterocycles. The Morgan fingerprint density at radius 1 is 1.41 bits per heavy atom. The first-order valence-electron chi connectivity index (χ1n) is 6.42. The summed E-state index contributed by atoms with van der Waals surface area (Å²) in [7, 11) is 0. The van der Waals surface area contributed by atoms with Gasteiger partial charge in [0.1, 0.15) is 0 Å². The third kappa shape index (κ3) is 2.09. The average Bonchev–Trinajstić information content (AvgIpc) is 2.88. The van der Waals surface area contributed by atoms with Gasteiger partial charge in [-0.05, 0) is 33.1 Å². The monoisotopic (exact) mass is 237 g/mol. The molecule has 2 aliphatic rings. The van der Waals surface area contributed by atoms with E-state index in [-0.39, 0.29) is 12.1 Å². The zero-order valence-electron chi connectivity index (χ0n) is 10.3. The number of β-amino-alcohol motifs (C(OH)–C–C–N with tert-alkyl or cyclic N) is 1. The molecule has 0 bridgehead atoms. The van der Waals surface area contributed by atoms with Crippen molar-refractivity contribution in [3.05, 3.63) is 11.7 Å². The van der Waals surface area contributed by atoms with Crippen LogP contribution in [-0.2, 0) is 0 Å². The Hall–Kier alpha value is -0.940. The summed E-state index contributed by atoms with van der Waals surface area (Å²) in [6, 6.07) is 0.471. The van der Waals surface area contributed by atoms with Crippen LogP contribution < -0.4 is 0 Å². The minimum atomic E-state index is -0.279. The Bertz CT molecular complexity index is 400. The normalized spacial score (nSPS) is 30.4. The first-order valence-corrected chi connectivity index (χ1v) is 6.42. The maximum absolute atomic E-state index is 9.78. The van der Waals surface area contributed by atoms with Crippen LogP contribution in [0.15, 0.2) is 4.52 Å². The largest absolute Gasteiger partial charge is 0.392 e. The molecule has 0 amide bonds. The molecule has 2 atom stereocenters. The second kappa shape index (κ2) is 4.07. The summed E-state index contributed by atoms with van der Waals surface area (Å²) in [5.41, 5.74) is 0. The molecule has 2 unspecified atom stereocenters. The summed E-state index contributed by atoms with van der Waals surface area (Å²) in [6.07, 6.45) is 2.78. The lowest BCUT2D eigenvalue weighted by atomic mass is 10.2. The Morgan fingerprint density at radius 3 is 2.82 bits per heavy atom. The van der Waals surface area contributed by atoms with Crippen molar-refractivity contribution >= 4 is 0 Å². The minimum absolute atomic E-state index is 0.0880. The second-order valence-electron chi connectivity index (χ2n) is 5.46. The lowest BCUT2D eigenvalue weighted by molar-refractivity contribution is 0.150. The van der Waals surface area contributed by atoms with E-state index in [9.17, 15) is 5.11 Å². The van der Waals surface area contributed by atoms with Crippen LogP contribution in [0.2, 0.25) is 0 Å². The van der Waals surface area contributed by atoms with E-state index in [2.05, 4.69) is 28.9 Å². The van der Waals surface area contributed by atoms with Crippen molar-refractivity contribution < 1.29 is 9.63 Å². The third-order valence-electron chi connectivity index (χ3n) is 3.67. The summed E-state index contributed by atoms with van der Waals surface area (Å²) in [5.74, 6) is 2.05. The molecule has 0 aromatic carbocycles. The summed E-state index contributed by atoms with van der Waals surface area (Å²) >= 11 is 0. The van der Waals surface area contributed by atoms with Crippen molar-refractivity contribution in [3.63, 3.8) is 0 Å². The van der Waals surface area contributed by atoms with Crippen LogP contribution in [0.1, 0.15) is 56.8 Å². The molecule has 0 radical (unpaired) electrons. The number of aliphatic hydroxyl groups is 1. The Kier molecular flexibility index (Phi) is 2.67. The highest BCUT2D eigenvalue weighted by Crippen LogP contribution is 2.40. The van der Waals surface area contributed by atoms with E-state index >= 15 is 0 Å². The molecular weight excluding hydrogens is 218 g/mol. The van der Waals surface area contributed by atoms with E-state index in [0.717, 1.165) is 5.82 Å². The van der Waals surface area contributed by atoms with Crippen LogP contribution in [0.5, 0.6) is 0 Å². The molecule has 1 aromatic rings. The average molecular weight is 237 g/mol. The summed E-state index contributed by atoms with van der Waals surface area (Å²) in [5, 5.41) is 13.8. The van der Waals surface area contributed by atoms with Crippen LogP contribution in [-0.4, -0.2) is 38.8 Å². The lowest BCUT2D eigenvalue weighted by Crippen LogP contribution is -2.31. The molecule has 17 heavy (non-hydrogen) atoms. The molecule has 94 valence electrons. The molecule has 2 heterocycles. The highest BCUT2D eigenvalue weighted by atomic mass is 16.5. The minimum Gasteiger partial charge on any atom is -0.392 e. The number of likely N-dealkylation sites (tertiary alicyclic amines) is 1. The van der Waals surface area contributed by atoms with Gasteiger partial charge in [0, 0.05) is 18.5 Å². The highest BCUT2D eigenvalue weighted by Gasteiger charge is 2.38. The zero-order chi connectivity index (χ0) is 12.0. The van der Waals surface area contributed by atoms with E-state index < -0.39 is 0 Å². The van der Waals surface area contributed by atoms with Crippen LogP contribution in [0.4, 0.5) is 0 Å². The van der Waals surface area contributed by atoms with Gasteiger partial charge in [-0.2, -0.15) is 4.98 Å². The van der Waals surface area contributed by atoms with Gasteiger partial charge in [-0.25, -0.2) is 0 Å². The van der Waals surface area contributed by atoms with Crippen molar-refractivity contribution in [3.8, 4) is 0 Å². The van der Waals surface area contributed by atoms with Gasteiger partial charge in [-0.1, -0.05) is 5.16 Å². The summed E-state index contributed by atoms with van der Waals surface area (Å²) in [6.45, 7) is 4.95. The highest BCUT2D eigenvalue weighted by molar-refractivity contribution is 5.06. The molecule has 0 spiro atoms. The number of hydrogen-bond acceptors (Lipinski definition) is 5. The Labute approximate surface area is 101 Å². The SMILES string of the molecule is CC(C)N1CC(O)CC1c1nc(C2CC2)no1. The van der Waals surface area contributed by atoms with E-state index in [1.54, 1.807) is 0 Å². The van der Waals surface area contributed by atoms with E-state index in [4.69, 9.17) is 4.52 Å². The van der Waals surface area contributed by atoms with Gasteiger partial charge in [-0.3, -0.25) is 4.90 Å². The summed E-state index contributed by atoms with van der Waals surface area (Å²) < 4.78 is 5.36. The smallest absolute Gasteiger partial charge is 0.244 e. The second-order valence-corrected chi connectivity index (χ2v) is 5.46. The molecule has 1 saturated carbocycles. The maximum Gasteiger partial charge on any atom is 0.244 e. The van der Waals surface area contributed by atoms with Crippen molar-refractivity contribution in [2.45, 2.75) is 57.2 Å². The molecule has 2 fully saturated rings. The van der Waals surface area contributed by atoms with Crippen molar-refractivity contribution in [2.75, 3.05) is 6.54 Å². The van der Waals surface area contributed by atoms with Gasteiger partial charge >= 0.3 is 0 Å². The standard InChI is InChI=1S/C12H19N3O2/c1-7(2)15-6-9(16)5-10(15)12-13-11(14-17-12)8-3-4-8/h7-10,16H,3-6H2,1-2H3.